The highest BCUT2D eigenvalue weighted by atomic mass is 15.3. The first-order valence-electron chi connectivity index (χ1n) is 6.58. The van der Waals surface area contributed by atoms with E-state index >= 15 is 0 Å². The lowest BCUT2D eigenvalue weighted by molar-refractivity contribution is 0.526. The maximum atomic E-state index is 5.70. The van der Waals surface area contributed by atoms with Crippen molar-refractivity contribution >= 4 is 5.69 Å². The van der Waals surface area contributed by atoms with Crippen molar-refractivity contribution in [3.8, 4) is 11.1 Å². The van der Waals surface area contributed by atoms with Crippen molar-refractivity contribution < 1.29 is 0 Å². The van der Waals surface area contributed by atoms with Gasteiger partial charge in [0.25, 0.3) is 0 Å². The Morgan fingerprint density at radius 2 is 1.90 bits per heavy atom. The van der Waals surface area contributed by atoms with E-state index in [1.54, 1.807) is 0 Å². The fourth-order valence-corrected chi connectivity index (χ4v) is 2.16. The normalized spacial score (nSPS) is 10.8. The molecule has 0 amide bonds. The van der Waals surface area contributed by atoms with Gasteiger partial charge in [-0.3, -0.25) is 4.68 Å². The molecular formula is C15H17N5. The fourth-order valence-electron chi connectivity index (χ4n) is 2.16. The first-order valence-corrected chi connectivity index (χ1v) is 6.58. The fraction of sp³-hybridized carbons (Fsp3) is 0.200. The van der Waals surface area contributed by atoms with Crippen molar-refractivity contribution in [2.75, 3.05) is 5.73 Å². The molecule has 0 aliphatic rings. The van der Waals surface area contributed by atoms with Gasteiger partial charge in [-0.15, -0.1) is 0 Å². The molecule has 0 unspecified atom stereocenters. The summed E-state index contributed by atoms with van der Waals surface area (Å²) in [7, 11) is 0. The molecule has 2 aromatic heterocycles. The molecule has 3 aromatic rings. The molecule has 0 atom stereocenters. The zero-order valence-electron chi connectivity index (χ0n) is 11.4. The van der Waals surface area contributed by atoms with Crippen molar-refractivity contribution in [2.45, 2.75) is 20.0 Å². The maximum absolute atomic E-state index is 5.70. The minimum absolute atomic E-state index is 0.775. The highest BCUT2D eigenvalue weighted by Gasteiger charge is 2.02. The third-order valence-electron chi connectivity index (χ3n) is 3.37. The molecule has 0 aliphatic heterocycles. The Kier molecular flexibility index (Phi) is 3.25. The van der Waals surface area contributed by atoms with Gasteiger partial charge in [0.15, 0.2) is 0 Å². The molecule has 3 rings (SSSR count). The minimum atomic E-state index is 0.775. The van der Waals surface area contributed by atoms with Crippen LogP contribution in [0.15, 0.2) is 49.1 Å². The Labute approximate surface area is 117 Å². The van der Waals surface area contributed by atoms with Crippen molar-refractivity contribution in [3.05, 3.63) is 54.9 Å². The molecule has 5 heteroatoms. The molecule has 0 saturated heterocycles. The molecule has 1 aromatic carbocycles. The van der Waals surface area contributed by atoms with Crippen molar-refractivity contribution in [2.24, 2.45) is 0 Å². The topological polar surface area (TPSA) is 61.7 Å². The lowest BCUT2D eigenvalue weighted by Crippen LogP contribution is -2.08. The third-order valence-corrected chi connectivity index (χ3v) is 3.37. The van der Waals surface area contributed by atoms with Crippen LogP contribution in [0, 0.1) is 6.92 Å². The lowest BCUT2D eigenvalue weighted by atomic mass is 10.1. The number of nitrogens with zero attached hydrogens (tertiary/aromatic N) is 4. The van der Waals surface area contributed by atoms with Gasteiger partial charge in [0.05, 0.1) is 12.7 Å². The molecule has 0 radical (unpaired) electrons. The summed E-state index contributed by atoms with van der Waals surface area (Å²) in [4.78, 5) is 4.21. The number of benzene rings is 1. The van der Waals surface area contributed by atoms with Gasteiger partial charge in [0.2, 0.25) is 0 Å². The standard InChI is InChI=1S/C15H17N5/c1-12-17-6-7-19(12)8-9-20-11-14(10-18-20)13-2-4-15(16)5-3-13/h2-7,10-11H,8-9,16H2,1H3. The van der Waals surface area contributed by atoms with Crippen LogP contribution < -0.4 is 5.73 Å². The third kappa shape index (κ3) is 2.56. The van der Waals surface area contributed by atoms with Gasteiger partial charge in [0, 0.05) is 36.4 Å². The van der Waals surface area contributed by atoms with Gasteiger partial charge in [-0.05, 0) is 24.6 Å². The second-order valence-corrected chi connectivity index (χ2v) is 4.78. The molecule has 0 bridgehead atoms. The number of hydrogen-bond acceptors (Lipinski definition) is 3. The summed E-state index contributed by atoms with van der Waals surface area (Å²) in [6, 6.07) is 7.83. The van der Waals surface area contributed by atoms with E-state index in [0.29, 0.717) is 0 Å². The number of nitrogens with two attached hydrogens (primary N) is 1. The SMILES string of the molecule is Cc1nccn1CCn1cc(-c2ccc(N)cc2)cn1. The zero-order valence-corrected chi connectivity index (χ0v) is 11.4. The molecular weight excluding hydrogens is 250 g/mol. The van der Waals surface area contributed by atoms with Gasteiger partial charge in [-0.1, -0.05) is 12.1 Å². The van der Waals surface area contributed by atoms with E-state index in [4.69, 9.17) is 5.73 Å². The summed E-state index contributed by atoms with van der Waals surface area (Å²) >= 11 is 0. The Balaban J connectivity index is 1.71. The summed E-state index contributed by atoms with van der Waals surface area (Å²) in [5, 5.41) is 4.40. The summed E-state index contributed by atoms with van der Waals surface area (Å²) in [5.74, 6) is 1.02. The zero-order chi connectivity index (χ0) is 13.9. The van der Waals surface area contributed by atoms with Crippen LogP contribution in [0.2, 0.25) is 0 Å². The number of nitrogen functional groups attached to an aromatic ring is 1. The lowest BCUT2D eigenvalue weighted by Gasteiger charge is -2.04. The Hall–Kier alpha value is -2.56. The summed E-state index contributed by atoms with van der Waals surface area (Å²) in [5.41, 5.74) is 8.70. The van der Waals surface area contributed by atoms with Crippen LogP contribution in [0.1, 0.15) is 5.82 Å². The average molecular weight is 267 g/mol. The van der Waals surface area contributed by atoms with E-state index in [9.17, 15) is 0 Å². The van der Waals surface area contributed by atoms with E-state index in [0.717, 1.165) is 35.7 Å². The van der Waals surface area contributed by atoms with Gasteiger partial charge in [-0.25, -0.2) is 4.98 Å². The summed E-state index contributed by atoms with van der Waals surface area (Å²) < 4.78 is 4.07. The quantitative estimate of drug-likeness (QED) is 0.738. The van der Waals surface area contributed by atoms with E-state index in [2.05, 4.69) is 20.8 Å². The Bertz CT molecular complexity index is 693. The number of hydrogen-bond donors (Lipinski definition) is 1. The molecule has 102 valence electrons. The van der Waals surface area contributed by atoms with Crippen LogP contribution in [0.25, 0.3) is 11.1 Å². The number of aryl methyl sites for hydroxylation is 3. The van der Waals surface area contributed by atoms with Gasteiger partial charge >= 0.3 is 0 Å². The molecule has 5 nitrogen and oxygen atoms in total. The molecule has 20 heavy (non-hydrogen) atoms. The molecule has 0 spiro atoms. The monoisotopic (exact) mass is 267 g/mol. The number of anilines is 1. The van der Waals surface area contributed by atoms with Crippen LogP contribution in [-0.2, 0) is 13.1 Å². The summed E-state index contributed by atoms with van der Waals surface area (Å²) in [6.07, 6.45) is 7.74. The molecule has 2 heterocycles. The first kappa shape index (κ1) is 12.5. The van der Waals surface area contributed by atoms with E-state index in [1.807, 2.05) is 54.5 Å². The highest BCUT2D eigenvalue weighted by molar-refractivity contribution is 5.63. The molecule has 2 N–H and O–H groups in total. The number of aromatic nitrogens is 4. The van der Waals surface area contributed by atoms with Crippen molar-refractivity contribution in [1.82, 2.24) is 19.3 Å². The van der Waals surface area contributed by atoms with Crippen LogP contribution >= 0.6 is 0 Å². The Morgan fingerprint density at radius 3 is 2.60 bits per heavy atom. The van der Waals surface area contributed by atoms with E-state index < -0.39 is 0 Å². The predicted molar refractivity (Wildman–Crippen MR) is 79.0 cm³/mol. The van der Waals surface area contributed by atoms with Crippen LogP contribution in [-0.4, -0.2) is 19.3 Å². The van der Waals surface area contributed by atoms with Gasteiger partial charge in [-0.2, -0.15) is 5.10 Å². The van der Waals surface area contributed by atoms with Gasteiger partial charge in [0.1, 0.15) is 5.82 Å². The second-order valence-electron chi connectivity index (χ2n) is 4.78. The minimum Gasteiger partial charge on any atom is -0.399 e. The van der Waals surface area contributed by atoms with Crippen LogP contribution in [0.3, 0.4) is 0 Å². The number of rotatable bonds is 4. The number of imidazole rings is 1. The second kappa shape index (κ2) is 5.21. The molecule has 0 aliphatic carbocycles. The highest BCUT2D eigenvalue weighted by Crippen LogP contribution is 2.19. The van der Waals surface area contributed by atoms with E-state index in [-0.39, 0.29) is 0 Å². The van der Waals surface area contributed by atoms with E-state index in [1.165, 1.54) is 0 Å². The van der Waals surface area contributed by atoms with Crippen molar-refractivity contribution in [1.29, 1.82) is 0 Å². The first-order chi connectivity index (χ1) is 9.72. The van der Waals surface area contributed by atoms with Crippen molar-refractivity contribution in [3.63, 3.8) is 0 Å². The van der Waals surface area contributed by atoms with Gasteiger partial charge < -0.3 is 10.3 Å². The smallest absolute Gasteiger partial charge is 0.105 e. The Morgan fingerprint density at radius 1 is 1.10 bits per heavy atom. The predicted octanol–water partition coefficient (Wildman–Crippen LogP) is 2.34. The summed E-state index contributed by atoms with van der Waals surface area (Å²) in [6.45, 7) is 3.70. The maximum Gasteiger partial charge on any atom is 0.105 e. The van der Waals surface area contributed by atoms with Crippen LogP contribution in [0.5, 0.6) is 0 Å². The average Bonchev–Trinajstić information content (AvgIpc) is 3.06. The molecule has 0 fully saturated rings. The largest absolute Gasteiger partial charge is 0.399 e. The molecule has 0 saturated carbocycles. The van der Waals surface area contributed by atoms with Crippen LogP contribution in [0.4, 0.5) is 5.69 Å².